The Hall–Kier alpha value is -1.77. The van der Waals surface area contributed by atoms with E-state index >= 15 is 0 Å². The van der Waals surface area contributed by atoms with Gasteiger partial charge in [0.2, 0.25) is 0 Å². The lowest BCUT2D eigenvalue weighted by Crippen LogP contribution is -2.02. The lowest BCUT2D eigenvalue weighted by Gasteiger charge is -2.06. The summed E-state index contributed by atoms with van der Waals surface area (Å²) in [6, 6.07) is 8.54. The van der Waals surface area contributed by atoms with Gasteiger partial charge >= 0.3 is 0 Å². The molecule has 2 rings (SSSR count). The Kier molecular flexibility index (Phi) is 4.48. The zero-order valence-corrected chi connectivity index (χ0v) is 12.9. The Labute approximate surface area is 121 Å². The Morgan fingerprint density at radius 3 is 2.30 bits per heavy atom. The Bertz CT molecular complexity index is 550. The van der Waals surface area contributed by atoms with Crippen LogP contribution in [-0.2, 0) is 6.54 Å². The molecule has 0 aliphatic rings. The number of aromatic nitrogens is 2. The zero-order chi connectivity index (χ0) is 14.7. The summed E-state index contributed by atoms with van der Waals surface area (Å²) in [7, 11) is 0. The van der Waals surface area contributed by atoms with E-state index in [2.05, 4.69) is 57.1 Å². The van der Waals surface area contributed by atoms with E-state index in [9.17, 15) is 0 Å². The molecule has 3 heteroatoms. The molecule has 0 unspecified atom stereocenters. The minimum atomic E-state index is 0.546. The number of rotatable bonds is 5. The molecule has 0 bridgehead atoms. The largest absolute Gasteiger partial charge is 0.396 e. The van der Waals surface area contributed by atoms with Crippen molar-refractivity contribution in [1.29, 1.82) is 0 Å². The molecule has 0 fully saturated rings. The number of anilines is 1. The molecule has 108 valence electrons. The highest BCUT2D eigenvalue weighted by Gasteiger charge is 2.09. The average Bonchev–Trinajstić information content (AvgIpc) is 2.78. The Morgan fingerprint density at radius 2 is 1.75 bits per heavy atom. The summed E-state index contributed by atoms with van der Waals surface area (Å²) in [6.07, 6.45) is 3.06. The van der Waals surface area contributed by atoms with Gasteiger partial charge in [0, 0.05) is 18.3 Å². The van der Waals surface area contributed by atoms with E-state index in [1.54, 1.807) is 0 Å². The van der Waals surface area contributed by atoms with E-state index in [-0.39, 0.29) is 0 Å². The molecule has 2 N–H and O–H groups in total. The van der Waals surface area contributed by atoms with Crippen molar-refractivity contribution in [3.05, 3.63) is 36.0 Å². The number of nitrogen functional groups attached to an aromatic ring is 1. The van der Waals surface area contributed by atoms with Gasteiger partial charge in [-0.2, -0.15) is 5.10 Å². The molecule has 0 saturated carbocycles. The summed E-state index contributed by atoms with van der Waals surface area (Å²) in [6.45, 7) is 9.76. The molecular weight excluding hydrogens is 246 g/mol. The third-order valence-corrected chi connectivity index (χ3v) is 3.58. The number of hydrogen-bond donors (Lipinski definition) is 1. The van der Waals surface area contributed by atoms with Crippen LogP contribution in [0.25, 0.3) is 11.3 Å². The van der Waals surface area contributed by atoms with E-state index in [1.165, 1.54) is 5.56 Å². The minimum absolute atomic E-state index is 0.546. The van der Waals surface area contributed by atoms with Crippen molar-refractivity contribution in [2.45, 2.75) is 46.6 Å². The van der Waals surface area contributed by atoms with Crippen LogP contribution in [0, 0.1) is 5.92 Å². The molecule has 0 aliphatic carbocycles. The predicted octanol–water partition coefficient (Wildman–Crippen LogP) is 4.30. The van der Waals surface area contributed by atoms with E-state index in [0.717, 1.165) is 29.9 Å². The highest BCUT2D eigenvalue weighted by Crippen LogP contribution is 2.26. The molecule has 1 heterocycles. The molecule has 20 heavy (non-hydrogen) atoms. The Morgan fingerprint density at radius 1 is 1.10 bits per heavy atom. The summed E-state index contributed by atoms with van der Waals surface area (Å²) in [5.41, 5.74) is 10.2. The molecule has 0 spiro atoms. The molecule has 0 atom stereocenters. The highest BCUT2D eigenvalue weighted by atomic mass is 15.3. The lowest BCUT2D eigenvalue weighted by atomic mass is 10.0. The molecule has 1 aromatic carbocycles. The van der Waals surface area contributed by atoms with Gasteiger partial charge in [-0.25, -0.2) is 0 Å². The van der Waals surface area contributed by atoms with Gasteiger partial charge in [-0.15, -0.1) is 0 Å². The number of nitrogens with two attached hydrogens (primary N) is 1. The maximum absolute atomic E-state index is 6.09. The monoisotopic (exact) mass is 271 g/mol. The van der Waals surface area contributed by atoms with Gasteiger partial charge in [-0.1, -0.05) is 52.0 Å². The van der Waals surface area contributed by atoms with Gasteiger partial charge in [-0.05, 0) is 23.8 Å². The highest BCUT2D eigenvalue weighted by molar-refractivity contribution is 5.72. The molecule has 3 nitrogen and oxygen atoms in total. The fraction of sp³-hybridized carbons (Fsp3) is 0.471. The lowest BCUT2D eigenvalue weighted by molar-refractivity contribution is 0.488. The summed E-state index contributed by atoms with van der Waals surface area (Å²) in [5, 5.41) is 4.62. The zero-order valence-electron chi connectivity index (χ0n) is 12.9. The van der Waals surface area contributed by atoms with Crippen molar-refractivity contribution >= 4 is 5.69 Å². The smallest absolute Gasteiger partial charge is 0.115 e. The summed E-state index contributed by atoms with van der Waals surface area (Å²) >= 11 is 0. The molecule has 0 radical (unpaired) electrons. The van der Waals surface area contributed by atoms with Crippen LogP contribution in [0.15, 0.2) is 30.5 Å². The third-order valence-electron chi connectivity index (χ3n) is 3.58. The Balaban J connectivity index is 2.19. The second-order valence-electron chi connectivity index (χ2n) is 6.16. The topological polar surface area (TPSA) is 43.8 Å². The molecule has 2 aromatic rings. The van der Waals surface area contributed by atoms with Crippen LogP contribution in [0.1, 0.15) is 45.6 Å². The fourth-order valence-electron chi connectivity index (χ4n) is 2.19. The van der Waals surface area contributed by atoms with Crippen LogP contribution in [0.4, 0.5) is 5.69 Å². The van der Waals surface area contributed by atoms with Crippen LogP contribution >= 0.6 is 0 Å². The van der Waals surface area contributed by atoms with Crippen molar-refractivity contribution in [3.8, 4) is 11.3 Å². The van der Waals surface area contributed by atoms with Crippen molar-refractivity contribution in [1.82, 2.24) is 9.78 Å². The number of aryl methyl sites for hydroxylation is 1. The van der Waals surface area contributed by atoms with Gasteiger partial charge in [0.15, 0.2) is 0 Å². The first-order valence-electron chi connectivity index (χ1n) is 7.40. The number of hydrogen-bond acceptors (Lipinski definition) is 2. The van der Waals surface area contributed by atoms with E-state index in [1.807, 2.05) is 10.9 Å². The van der Waals surface area contributed by atoms with Gasteiger partial charge in [0.25, 0.3) is 0 Å². The first-order valence-corrected chi connectivity index (χ1v) is 7.40. The van der Waals surface area contributed by atoms with Gasteiger partial charge < -0.3 is 5.73 Å². The summed E-state index contributed by atoms with van der Waals surface area (Å²) in [4.78, 5) is 0. The van der Waals surface area contributed by atoms with E-state index < -0.39 is 0 Å². The fourth-order valence-corrected chi connectivity index (χ4v) is 2.19. The van der Waals surface area contributed by atoms with Gasteiger partial charge in [0.05, 0.1) is 5.69 Å². The average molecular weight is 271 g/mol. The van der Waals surface area contributed by atoms with Crippen LogP contribution in [-0.4, -0.2) is 9.78 Å². The summed E-state index contributed by atoms with van der Waals surface area (Å²) in [5.74, 6) is 1.22. The van der Waals surface area contributed by atoms with Crippen LogP contribution in [0.2, 0.25) is 0 Å². The van der Waals surface area contributed by atoms with Crippen molar-refractivity contribution in [3.63, 3.8) is 0 Å². The molecule has 1 aromatic heterocycles. The minimum Gasteiger partial charge on any atom is -0.396 e. The quantitative estimate of drug-likeness (QED) is 0.881. The molecule has 0 aliphatic heterocycles. The second-order valence-corrected chi connectivity index (χ2v) is 6.16. The first-order chi connectivity index (χ1) is 9.47. The van der Waals surface area contributed by atoms with Crippen LogP contribution in [0.5, 0.6) is 0 Å². The standard InChI is InChI=1S/C17H25N3/c1-12(2)9-10-20-11-16(18)17(19-20)15-7-5-14(6-8-15)13(3)4/h5-8,11-13H,9-10,18H2,1-4H3. The van der Waals surface area contributed by atoms with Gasteiger partial charge in [-0.3, -0.25) is 4.68 Å². The third kappa shape index (κ3) is 3.41. The first kappa shape index (κ1) is 14.6. The second kappa shape index (κ2) is 6.12. The van der Waals surface area contributed by atoms with Gasteiger partial charge in [0.1, 0.15) is 5.69 Å². The number of nitrogens with zero attached hydrogens (tertiary/aromatic N) is 2. The normalized spacial score (nSPS) is 11.5. The number of benzene rings is 1. The SMILES string of the molecule is CC(C)CCn1cc(N)c(-c2ccc(C(C)C)cc2)n1. The molecular formula is C17H25N3. The van der Waals surface area contributed by atoms with Crippen LogP contribution < -0.4 is 5.73 Å². The maximum Gasteiger partial charge on any atom is 0.115 e. The van der Waals surface area contributed by atoms with Crippen molar-refractivity contribution in [2.75, 3.05) is 5.73 Å². The van der Waals surface area contributed by atoms with Crippen molar-refractivity contribution in [2.24, 2.45) is 5.92 Å². The van der Waals surface area contributed by atoms with Crippen molar-refractivity contribution < 1.29 is 0 Å². The predicted molar refractivity (Wildman–Crippen MR) is 85.6 cm³/mol. The summed E-state index contributed by atoms with van der Waals surface area (Å²) < 4.78 is 1.96. The van der Waals surface area contributed by atoms with E-state index in [0.29, 0.717) is 11.8 Å². The molecule has 0 amide bonds. The van der Waals surface area contributed by atoms with Crippen LogP contribution in [0.3, 0.4) is 0 Å². The van der Waals surface area contributed by atoms with E-state index in [4.69, 9.17) is 5.73 Å². The maximum atomic E-state index is 6.09. The molecule has 0 saturated heterocycles.